The molecule has 12 heteroatoms. The number of carbonyl (C=O) groups is 3. The van der Waals surface area contributed by atoms with Crippen molar-refractivity contribution in [3.63, 3.8) is 0 Å². The maximum absolute atomic E-state index is 14.2. The molecule has 0 radical (unpaired) electrons. The lowest BCUT2D eigenvalue weighted by Gasteiger charge is -2.41. The van der Waals surface area contributed by atoms with Crippen molar-refractivity contribution in [1.82, 2.24) is 36.2 Å². The zero-order valence-electron chi connectivity index (χ0n) is 31.7. The Kier molecular flexibility index (Phi) is 12.8. The minimum absolute atomic E-state index is 0.114. The van der Waals surface area contributed by atoms with Gasteiger partial charge in [0.1, 0.15) is 23.7 Å². The van der Waals surface area contributed by atoms with Gasteiger partial charge in [-0.2, -0.15) is 4.98 Å². The lowest BCUT2D eigenvalue weighted by atomic mass is 9.70. The van der Waals surface area contributed by atoms with Crippen LogP contribution < -0.4 is 26.0 Å². The number of nitrogens with zero attached hydrogens (tertiary/aromatic N) is 3. The molecule has 282 valence electrons. The van der Waals surface area contributed by atoms with Crippen LogP contribution in [0.3, 0.4) is 0 Å². The number of aliphatic hydroxyl groups excluding tert-OH is 1. The molecular formula is C41H53N7O5. The molecule has 12 nitrogen and oxygen atoms in total. The monoisotopic (exact) mass is 723 g/mol. The van der Waals surface area contributed by atoms with Gasteiger partial charge in [-0.05, 0) is 55.8 Å². The zero-order valence-corrected chi connectivity index (χ0v) is 31.7. The molecule has 5 rings (SSSR count). The second-order valence-electron chi connectivity index (χ2n) is 15.4. The van der Waals surface area contributed by atoms with Gasteiger partial charge in [-0.25, -0.2) is 9.97 Å². The Labute approximate surface area is 312 Å². The van der Waals surface area contributed by atoms with Crippen molar-refractivity contribution in [1.29, 1.82) is 0 Å². The van der Waals surface area contributed by atoms with Gasteiger partial charge >= 0.3 is 0 Å². The molecule has 1 aliphatic rings. The number of aromatic nitrogens is 3. The van der Waals surface area contributed by atoms with E-state index >= 15 is 0 Å². The summed E-state index contributed by atoms with van der Waals surface area (Å²) in [5.41, 5.74) is 2.17. The summed E-state index contributed by atoms with van der Waals surface area (Å²) in [5, 5.41) is 25.0. The molecule has 6 atom stereocenters. The van der Waals surface area contributed by atoms with Gasteiger partial charge in [0.15, 0.2) is 0 Å². The Morgan fingerprint density at radius 3 is 2.36 bits per heavy atom. The third-order valence-corrected chi connectivity index (χ3v) is 9.63. The number of fused-ring (bicyclic) bond motifs is 1. The van der Waals surface area contributed by atoms with Crippen LogP contribution in [0.15, 0.2) is 72.8 Å². The number of nitrogens with one attached hydrogen (secondary N) is 4. The summed E-state index contributed by atoms with van der Waals surface area (Å²) in [4.78, 5) is 54.3. The molecule has 1 fully saturated rings. The molecular weight excluding hydrogens is 670 g/mol. The molecule has 4 aromatic rings. The highest BCUT2D eigenvalue weighted by atomic mass is 16.5. The Hall–Kier alpha value is -4.94. The van der Waals surface area contributed by atoms with Gasteiger partial charge < -0.3 is 31.1 Å². The summed E-state index contributed by atoms with van der Waals surface area (Å²) in [6.45, 7) is 14.0. The predicted molar refractivity (Wildman–Crippen MR) is 204 cm³/mol. The summed E-state index contributed by atoms with van der Waals surface area (Å²) in [5.74, 6) is -0.754. The summed E-state index contributed by atoms with van der Waals surface area (Å²) in [7, 11) is 0. The topological polar surface area (TPSA) is 167 Å². The van der Waals surface area contributed by atoms with E-state index in [1.54, 1.807) is 12.1 Å². The van der Waals surface area contributed by atoms with Gasteiger partial charge in [-0.1, -0.05) is 89.2 Å². The first-order valence-corrected chi connectivity index (χ1v) is 18.4. The molecule has 0 bridgehead atoms. The zero-order chi connectivity index (χ0) is 38.3. The van der Waals surface area contributed by atoms with E-state index in [9.17, 15) is 19.5 Å². The number of benzene rings is 2. The number of aryl methyl sites for hydroxylation is 2. The van der Waals surface area contributed by atoms with E-state index in [0.717, 1.165) is 16.6 Å². The van der Waals surface area contributed by atoms with Gasteiger partial charge in [-0.15, -0.1) is 0 Å². The van der Waals surface area contributed by atoms with Gasteiger partial charge in [0.2, 0.25) is 17.7 Å². The number of aliphatic hydroxyl groups is 1. The van der Waals surface area contributed by atoms with E-state index in [0.29, 0.717) is 36.6 Å². The van der Waals surface area contributed by atoms with Crippen LogP contribution in [0.4, 0.5) is 0 Å². The summed E-state index contributed by atoms with van der Waals surface area (Å²) in [6.07, 6.45) is -0.285. The summed E-state index contributed by atoms with van der Waals surface area (Å²) >= 11 is 0. The largest absolute Gasteiger partial charge is 0.474 e. The first-order valence-electron chi connectivity index (χ1n) is 18.4. The highest BCUT2D eigenvalue weighted by molar-refractivity contribution is 5.98. The number of carbonyl (C=O) groups excluding carboxylic acids is 3. The van der Waals surface area contributed by atoms with Crippen LogP contribution in [0, 0.1) is 25.2 Å². The van der Waals surface area contributed by atoms with E-state index in [2.05, 4.69) is 57.0 Å². The average molecular weight is 724 g/mol. The molecule has 2 aromatic carbocycles. The number of piperidine rings is 1. The maximum Gasteiger partial charge on any atom is 0.270 e. The fraction of sp³-hybridized carbons (Fsp3) is 0.463. The van der Waals surface area contributed by atoms with E-state index in [4.69, 9.17) is 4.74 Å². The molecule has 0 saturated carbocycles. The fourth-order valence-electron chi connectivity index (χ4n) is 7.06. The standard InChI is InChI=1S/C41H53N7O5/c1-24(2)36(47-39(51)31-18-17-27-13-11-12-16-30(27)46-31)40(52)48-37(35(41(5,6)7)28-14-9-8-10-15-28)33(49)23-43-38(50)32-22-29(19-20-42-32)53-34-21-25(3)44-26(4)45-34/h8-18,21,24,29,32-33,35-37,42,49H,19-20,22-23H2,1-7H3,(H,43,50)(H,47,51)(H,48,52)/t29?,32?,33?,35?,36-,37?/m0/s1. The third-order valence-electron chi connectivity index (χ3n) is 9.63. The second-order valence-corrected chi connectivity index (χ2v) is 15.4. The lowest BCUT2D eigenvalue weighted by molar-refractivity contribution is -0.126. The minimum atomic E-state index is -1.18. The van der Waals surface area contributed by atoms with Crippen molar-refractivity contribution in [2.75, 3.05) is 13.1 Å². The van der Waals surface area contributed by atoms with Gasteiger partial charge in [0, 0.05) is 36.0 Å². The minimum Gasteiger partial charge on any atom is -0.474 e. The third kappa shape index (κ3) is 10.4. The van der Waals surface area contributed by atoms with Crippen LogP contribution in [0.2, 0.25) is 0 Å². The molecule has 0 aliphatic carbocycles. The molecule has 1 saturated heterocycles. The molecule has 0 spiro atoms. The van der Waals surface area contributed by atoms with E-state index in [-0.39, 0.29) is 36.1 Å². The maximum atomic E-state index is 14.2. The van der Waals surface area contributed by atoms with E-state index in [1.807, 2.05) is 88.4 Å². The number of hydrogen-bond acceptors (Lipinski definition) is 9. The number of rotatable bonds is 13. The Morgan fingerprint density at radius 2 is 1.66 bits per heavy atom. The molecule has 5 N–H and O–H groups in total. The Balaban J connectivity index is 1.32. The van der Waals surface area contributed by atoms with Crippen LogP contribution in [-0.4, -0.2) is 81.2 Å². The van der Waals surface area contributed by atoms with Crippen molar-refractivity contribution >= 4 is 28.6 Å². The fourth-order valence-corrected chi connectivity index (χ4v) is 7.06. The van der Waals surface area contributed by atoms with Crippen LogP contribution >= 0.6 is 0 Å². The average Bonchev–Trinajstić information content (AvgIpc) is 3.11. The molecule has 53 heavy (non-hydrogen) atoms. The predicted octanol–water partition coefficient (Wildman–Crippen LogP) is 4.39. The first-order chi connectivity index (χ1) is 25.2. The quantitative estimate of drug-likeness (QED) is 0.135. The van der Waals surface area contributed by atoms with Gasteiger partial charge in [0.05, 0.1) is 23.7 Å². The molecule has 2 aromatic heterocycles. The number of pyridine rings is 1. The number of para-hydroxylation sites is 1. The molecule has 3 heterocycles. The molecule has 1 aliphatic heterocycles. The summed E-state index contributed by atoms with van der Waals surface area (Å²) < 4.78 is 6.14. The number of hydrogen-bond donors (Lipinski definition) is 5. The highest BCUT2D eigenvalue weighted by Gasteiger charge is 2.40. The highest BCUT2D eigenvalue weighted by Crippen LogP contribution is 2.39. The number of amides is 3. The number of ether oxygens (including phenoxy) is 1. The Bertz CT molecular complexity index is 1860. The van der Waals surface area contributed by atoms with Crippen LogP contribution in [0.5, 0.6) is 5.88 Å². The second kappa shape index (κ2) is 17.3. The van der Waals surface area contributed by atoms with Crippen LogP contribution in [0.1, 0.15) is 80.9 Å². The Morgan fingerprint density at radius 1 is 0.943 bits per heavy atom. The molecule has 3 amide bonds. The normalized spacial score (nSPS) is 18.4. The molecule has 5 unspecified atom stereocenters. The van der Waals surface area contributed by atoms with Crippen molar-refractivity contribution in [3.8, 4) is 5.88 Å². The lowest BCUT2D eigenvalue weighted by Crippen LogP contribution is -2.59. The van der Waals surface area contributed by atoms with Crippen molar-refractivity contribution < 1.29 is 24.2 Å². The van der Waals surface area contributed by atoms with Crippen LogP contribution in [-0.2, 0) is 9.59 Å². The van der Waals surface area contributed by atoms with Gasteiger partial charge in [-0.3, -0.25) is 14.4 Å². The van der Waals surface area contributed by atoms with E-state index in [1.165, 1.54) is 0 Å². The first kappa shape index (κ1) is 39.3. The summed E-state index contributed by atoms with van der Waals surface area (Å²) in [6, 6.07) is 20.2. The van der Waals surface area contributed by atoms with Crippen LogP contribution in [0.25, 0.3) is 10.9 Å². The smallest absolute Gasteiger partial charge is 0.270 e. The van der Waals surface area contributed by atoms with Crippen molar-refractivity contribution in [2.45, 2.75) is 97.6 Å². The van der Waals surface area contributed by atoms with E-state index < -0.39 is 41.5 Å². The van der Waals surface area contributed by atoms with Crippen molar-refractivity contribution in [3.05, 3.63) is 95.6 Å². The van der Waals surface area contributed by atoms with Crippen molar-refractivity contribution in [2.24, 2.45) is 11.3 Å². The van der Waals surface area contributed by atoms with Gasteiger partial charge in [0.25, 0.3) is 5.91 Å². The SMILES string of the molecule is Cc1cc(OC2CCNC(C(=O)NCC(O)C(NC(=O)[C@@H](NC(=O)c3ccc4ccccc4n3)C(C)C)C(c3ccccc3)C(C)(C)C)C2)nc(C)n1.